The van der Waals surface area contributed by atoms with Crippen LogP contribution < -0.4 is 4.72 Å². The molecule has 0 spiro atoms. The smallest absolute Gasteiger partial charge is 0.252 e. The third-order valence-electron chi connectivity index (χ3n) is 2.58. The van der Waals surface area contributed by atoms with Crippen molar-refractivity contribution in [2.75, 3.05) is 6.61 Å². The molecule has 0 aromatic carbocycles. The molecule has 1 aliphatic rings. The minimum atomic E-state index is -3.53. The van der Waals surface area contributed by atoms with Gasteiger partial charge in [0.2, 0.25) is 0 Å². The zero-order valence-electron chi connectivity index (χ0n) is 9.22. The van der Waals surface area contributed by atoms with Crippen molar-refractivity contribution in [1.82, 2.24) is 9.71 Å². The molecule has 2 unspecified atom stereocenters. The molecule has 1 N–H and O–H groups in total. The van der Waals surface area contributed by atoms with E-state index < -0.39 is 10.0 Å². The first-order chi connectivity index (χ1) is 7.99. The van der Waals surface area contributed by atoms with E-state index in [1.807, 2.05) is 0 Å². The van der Waals surface area contributed by atoms with Crippen LogP contribution in [0.3, 0.4) is 0 Å². The topological polar surface area (TPSA) is 68.3 Å². The van der Waals surface area contributed by atoms with E-state index in [9.17, 15) is 8.42 Å². The molecule has 2 heterocycles. The van der Waals surface area contributed by atoms with Crippen molar-refractivity contribution in [1.29, 1.82) is 0 Å². The van der Waals surface area contributed by atoms with E-state index >= 15 is 0 Å². The summed E-state index contributed by atoms with van der Waals surface area (Å²) in [5, 5.41) is 0. The molecular weight excluding hydrogens is 284 g/mol. The summed E-state index contributed by atoms with van der Waals surface area (Å²) in [6, 6.07) is -0.247. The van der Waals surface area contributed by atoms with E-state index in [0.29, 0.717) is 6.61 Å². The first-order valence-electron chi connectivity index (χ1n) is 5.24. The Kier molecular flexibility index (Phi) is 4.04. The van der Waals surface area contributed by atoms with Crippen molar-refractivity contribution in [2.24, 2.45) is 0 Å². The van der Waals surface area contributed by atoms with Crippen LogP contribution in [0.25, 0.3) is 0 Å². The second kappa shape index (κ2) is 5.19. The van der Waals surface area contributed by atoms with Gasteiger partial charge in [-0.05, 0) is 19.8 Å². The van der Waals surface area contributed by atoms with E-state index in [2.05, 4.69) is 9.71 Å². The summed E-state index contributed by atoms with van der Waals surface area (Å²) in [4.78, 5) is 3.72. The first kappa shape index (κ1) is 13.2. The molecule has 1 saturated heterocycles. The quantitative estimate of drug-likeness (QED) is 0.917. The zero-order valence-corrected chi connectivity index (χ0v) is 11.6. The van der Waals surface area contributed by atoms with Gasteiger partial charge in [0, 0.05) is 12.6 Å². The number of halogens is 1. The molecule has 0 bridgehead atoms. The van der Waals surface area contributed by atoms with Crippen LogP contribution >= 0.6 is 22.9 Å². The number of sulfonamides is 1. The lowest BCUT2D eigenvalue weighted by molar-refractivity contribution is 0.0902. The third kappa shape index (κ3) is 3.17. The highest BCUT2D eigenvalue weighted by molar-refractivity contribution is 7.91. The summed E-state index contributed by atoms with van der Waals surface area (Å²) in [6.07, 6.45) is 3.07. The molecule has 96 valence electrons. The van der Waals surface area contributed by atoms with Gasteiger partial charge in [0.05, 0.1) is 12.3 Å². The number of rotatable bonds is 4. The molecular formula is C9H13ClN2O3S2. The molecule has 0 aliphatic carbocycles. The van der Waals surface area contributed by atoms with Crippen LogP contribution in [0.15, 0.2) is 10.4 Å². The molecule has 1 aliphatic heterocycles. The van der Waals surface area contributed by atoms with Gasteiger partial charge < -0.3 is 4.74 Å². The van der Waals surface area contributed by atoms with Gasteiger partial charge in [-0.25, -0.2) is 18.1 Å². The molecule has 1 fully saturated rings. The Balaban J connectivity index is 2.06. The van der Waals surface area contributed by atoms with E-state index in [0.717, 1.165) is 24.2 Å². The summed E-state index contributed by atoms with van der Waals surface area (Å²) in [5.74, 6) is 0. The SMILES string of the molecule is CC(NS(=O)(=O)c1cnc(Cl)s1)C1CCCO1. The Labute approximate surface area is 109 Å². The molecule has 2 atom stereocenters. The molecule has 5 nitrogen and oxygen atoms in total. The van der Waals surface area contributed by atoms with Crippen molar-refractivity contribution in [3.63, 3.8) is 0 Å². The van der Waals surface area contributed by atoms with Gasteiger partial charge in [-0.3, -0.25) is 0 Å². The van der Waals surface area contributed by atoms with Gasteiger partial charge in [0.15, 0.2) is 8.68 Å². The monoisotopic (exact) mass is 296 g/mol. The van der Waals surface area contributed by atoms with Gasteiger partial charge in [-0.1, -0.05) is 22.9 Å². The van der Waals surface area contributed by atoms with Crippen LogP contribution in [0, 0.1) is 0 Å². The Morgan fingerprint density at radius 3 is 3.00 bits per heavy atom. The fraction of sp³-hybridized carbons (Fsp3) is 0.667. The Morgan fingerprint density at radius 1 is 1.71 bits per heavy atom. The highest BCUT2D eigenvalue weighted by Gasteiger charge is 2.27. The lowest BCUT2D eigenvalue weighted by Gasteiger charge is -2.19. The average molecular weight is 297 g/mol. The van der Waals surface area contributed by atoms with Crippen molar-refractivity contribution < 1.29 is 13.2 Å². The van der Waals surface area contributed by atoms with E-state index in [-0.39, 0.29) is 20.8 Å². The number of nitrogens with one attached hydrogen (secondary N) is 1. The van der Waals surface area contributed by atoms with Crippen LogP contribution in [0.5, 0.6) is 0 Å². The Hall–Kier alpha value is -0.210. The summed E-state index contributed by atoms with van der Waals surface area (Å²) in [7, 11) is -3.53. The van der Waals surface area contributed by atoms with E-state index in [1.54, 1.807) is 6.92 Å². The number of hydrogen-bond donors (Lipinski definition) is 1. The molecule has 0 amide bonds. The summed E-state index contributed by atoms with van der Waals surface area (Å²) in [5.41, 5.74) is 0. The van der Waals surface area contributed by atoms with E-state index in [4.69, 9.17) is 16.3 Å². The molecule has 8 heteroatoms. The second-order valence-electron chi connectivity index (χ2n) is 3.89. The van der Waals surface area contributed by atoms with Crippen LogP contribution in [0.2, 0.25) is 4.47 Å². The second-order valence-corrected chi connectivity index (χ2v) is 7.45. The maximum atomic E-state index is 12.0. The van der Waals surface area contributed by atoms with Crippen molar-refractivity contribution in [3.05, 3.63) is 10.7 Å². The van der Waals surface area contributed by atoms with Gasteiger partial charge in [-0.2, -0.15) is 0 Å². The van der Waals surface area contributed by atoms with Crippen molar-refractivity contribution >= 4 is 33.0 Å². The Bertz CT molecular complexity index is 482. The van der Waals surface area contributed by atoms with Gasteiger partial charge >= 0.3 is 0 Å². The minimum absolute atomic E-state index is 0.0480. The first-order valence-corrected chi connectivity index (χ1v) is 7.92. The number of aromatic nitrogens is 1. The number of hydrogen-bond acceptors (Lipinski definition) is 5. The standard InChI is InChI=1S/C9H13ClN2O3S2/c1-6(7-3-2-4-15-7)12-17(13,14)8-5-11-9(10)16-8/h5-7,12H,2-4H2,1H3. The summed E-state index contributed by atoms with van der Waals surface area (Å²) >= 11 is 6.56. The predicted octanol–water partition coefficient (Wildman–Crippen LogP) is 1.64. The maximum Gasteiger partial charge on any atom is 0.252 e. The Morgan fingerprint density at radius 2 is 2.47 bits per heavy atom. The third-order valence-corrected chi connectivity index (χ3v) is 5.72. The molecule has 17 heavy (non-hydrogen) atoms. The van der Waals surface area contributed by atoms with Crippen LogP contribution in [0.1, 0.15) is 19.8 Å². The van der Waals surface area contributed by atoms with E-state index in [1.165, 1.54) is 6.20 Å². The number of nitrogens with zero attached hydrogens (tertiary/aromatic N) is 1. The van der Waals surface area contributed by atoms with Crippen LogP contribution in [-0.4, -0.2) is 32.2 Å². The predicted molar refractivity (Wildman–Crippen MR) is 65.9 cm³/mol. The molecule has 1 aromatic heterocycles. The molecule has 1 aromatic rings. The lowest BCUT2D eigenvalue weighted by atomic mass is 10.1. The molecule has 0 saturated carbocycles. The van der Waals surface area contributed by atoms with Gasteiger partial charge in [0.25, 0.3) is 10.0 Å². The molecule has 0 radical (unpaired) electrons. The minimum Gasteiger partial charge on any atom is -0.377 e. The number of thiazole rings is 1. The zero-order chi connectivity index (χ0) is 12.5. The van der Waals surface area contributed by atoms with Crippen LogP contribution in [-0.2, 0) is 14.8 Å². The van der Waals surface area contributed by atoms with Gasteiger partial charge in [0.1, 0.15) is 0 Å². The van der Waals surface area contributed by atoms with Crippen molar-refractivity contribution in [2.45, 2.75) is 36.1 Å². The highest BCUT2D eigenvalue weighted by Crippen LogP contribution is 2.23. The fourth-order valence-electron chi connectivity index (χ4n) is 1.74. The van der Waals surface area contributed by atoms with Crippen molar-refractivity contribution in [3.8, 4) is 0 Å². The summed E-state index contributed by atoms with van der Waals surface area (Å²) < 4.78 is 32.3. The lowest BCUT2D eigenvalue weighted by Crippen LogP contribution is -2.40. The normalized spacial score (nSPS) is 22.8. The van der Waals surface area contributed by atoms with Gasteiger partial charge in [-0.15, -0.1) is 0 Å². The maximum absolute atomic E-state index is 12.0. The number of ether oxygens (including phenoxy) is 1. The highest BCUT2D eigenvalue weighted by atomic mass is 35.5. The summed E-state index contributed by atoms with van der Waals surface area (Å²) in [6.45, 7) is 2.50. The largest absolute Gasteiger partial charge is 0.377 e. The average Bonchev–Trinajstić information content (AvgIpc) is 2.86. The van der Waals surface area contributed by atoms with Crippen LogP contribution in [0.4, 0.5) is 0 Å². The fourth-order valence-corrected chi connectivity index (χ4v) is 4.32. The molecule has 2 rings (SSSR count).